The van der Waals surface area contributed by atoms with Crippen molar-refractivity contribution in [1.29, 1.82) is 0 Å². The molecule has 1 unspecified atom stereocenters. The first-order valence-electron chi connectivity index (χ1n) is 5.82. The summed E-state index contributed by atoms with van der Waals surface area (Å²) in [6, 6.07) is 10.2. The Labute approximate surface area is 128 Å². The average molecular weight is 390 g/mol. The second kappa shape index (κ2) is 6.14. The molecule has 19 heavy (non-hydrogen) atoms. The molecule has 0 radical (unpaired) electrons. The van der Waals surface area contributed by atoms with Crippen LogP contribution in [0.3, 0.4) is 0 Å². The Morgan fingerprint density at radius 1 is 1.16 bits per heavy atom. The van der Waals surface area contributed by atoms with Crippen LogP contribution in [0.15, 0.2) is 40.9 Å². The number of rotatable bonds is 3. The van der Waals surface area contributed by atoms with E-state index in [4.69, 9.17) is 0 Å². The van der Waals surface area contributed by atoms with Crippen LogP contribution in [0.4, 0.5) is 8.78 Å². The molecule has 0 fully saturated rings. The second-order valence-electron chi connectivity index (χ2n) is 4.39. The highest BCUT2D eigenvalue weighted by Crippen LogP contribution is 2.31. The van der Waals surface area contributed by atoms with Crippen LogP contribution in [0.2, 0.25) is 0 Å². The summed E-state index contributed by atoms with van der Waals surface area (Å²) in [5, 5.41) is 0. The molecule has 0 aliphatic heterocycles. The summed E-state index contributed by atoms with van der Waals surface area (Å²) in [6.45, 7) is 2.00. The summed E-state index contributed by atoms with van der Waals surface area (Å²) in [4.78, 5) is -0.0445. The highest BCUT2D eigenvalue weighted by atomic mass is 79.9. The zero-order valence-electron chi connectivity index (χ0n) is 10.3. The van der Waals surface area contributed by atoms with E-state index < -0.39 is 11.6 Å². The maximum absolute atomic E-state index is 13.6. The molecule has 0 heterocycles. The van der Waals surface area contributed by atoms with E-state index in [1.54, 1.807) is 6.07 Å². The molecule has 1 atom stereocenters. The van der Waals surface area contributed by atoms with Crippen molar-refractivity contribution in [2.75, 3.05) is 0 Å². The van der Waals surface area contributed by atoms with Crippen LogP contribution < -0.4 is 0 Å². The van der Waals surface area contributed by atoms with E-state index in [1.807, 2.05) is 25.1 Å². The van der Waals surface area contributed by atoms with E-state index in [-0.39, 0.29) is 4.83 Å². The maximum atomic E-state index is 13.6. The lowest BCUT2D eigenvalue weighted by Gasteiger charge is -2.14. The van der Waals surface area contributed by atoms with Gasteiger partial charge in [-0.2, -0.15) is 0 Å². The van der Waals surface area contributed by atoms with Gasteiger partial charge in [0.05, 0.1) is 0 Å². The van der Waals surface area contributed by atoms with Gasteiger partial charge in [-0.25, -0.2) is 8.78 Å². The Balaban J connectivity index is 2.25. The zero-order chi connectivity index (χ0) is 14.0. The molecule has 0 bridgehead atoms. The van der Waals surface area contributed by atoms with E-state index in [0.29, 0.717) is 12.0 Å². The van der Waals surface area contributed by atoms with Crippen LogP contribution >= 0.6 is 31.9 Å². The smallest absolute Gasteiger partial charge is 0.162 e. The van der Waals surface area contributed by atoms with Crippen molar-refractivity contribution in [3.63, 3.8) is 0 Å². The van der Waals surface area contributed by atoms with Gasteiger partial charge in [0.15, 0.2) is 11.6 Å². The van der Waals surface area contributed by atoms with Gasteiger partial charge >= 0.3 is 0 Å². The van der Waals surface area contributed by atoms with Crippen molar-refractivity contribution in [3.05, 3.63) is 69.2 Å². The minimum Gasteiger partial charge on any atom is -0.204 e. The Kier molecular flexibility index (Phi) is 4.74. The topological polar surface area (TPSA) is 0 Å². The Morgan fingerprint density at radius 3 is 2.58 bits per heavy atom. The molecule has 0 N–H and O–H groups in total. The predicted molar refractivity (Wildman–Crippen MR) is 80.6 cm³/mol. The van der Waals surface area contributed by atoms with Gasteiger partial charge in [-0.15, -0.1) is 0 Å². The molecule has 0 saturated carbocycles. The summed E-state index contributed by atoms with van der Waals surface area (Å²) >= 11 is 6.96. The van der Waals surface area contributed by atoms with E-state index >= 15 is 0 Å². The van der Waals surface area contributed by atoms with Gasteiger partial charge in [0, 0.05) is 9.30 Å². The van der Waals surface area contributed by atoms with Crippen LogP contribution in [0, 0.1) is 18.6 Å². The fraction of sp³-hybridized carbons (Fsp3) is 0.200. The Hall–Kier alpha value is -0.740. The SMILES string of the molecule is Cc1cc(Br)ccc1C(Br)Cc1cccc(F)c1F. The normalized spacial score (nSPS) is 12.5. The van der Waals surface area contributed by atoms with Gasteiger partial charge in [-0.05, 0) is 48.2 Å². The molecule has 2 rings (SSSR count). The third kappa shape index (κ3) is 3.42. The molecule has 0 saturated heterocycles. The number of benzene rings is 2. The molecule has 100 valence electrons. The van der Waals surface area contributed by atoms with Crippen molar-refractivity contribution < 1.29 is 8.78 Å². The fourth-order valence-corrected chi connectivity index (χ4v) is 3.34. The van der Waals surface area contributed by atoms with Crippen LogP contribution in [0.1, 0.15) is 21.5 Å². The van der Waals surface area contributed by atoms with Gasteiger partial charge < -0.3 is 0 Å². The number of hydrogen-bond donors (Lipinski definition) is 0. The van der Waals surface area contributed by atoms with Gasteiger partial charge in [0.1, 0.15) is 0 Å². The largest absolute Gasteiger partial charge is 0.204 e. The lowest BCUT2D eigenvalue weighted by atomic mass is 10.00. The van der Waals surface area contributed by atoms with Crippen LogP contribution in [0.5, 0.6) is 0 Å². The van der Waals surface area contributed by atoms with Gasteiger partial charge in [-0.3, -0.25) is 0 Å². The lowest BCUT2D eigenvalue weighted by Crippen LogP contribution is -2.01. The van der Waals surface area contributed by atoms with Crippen molar-refractivity contribution in [2.45, 2.75) is 18.2 Å². The minimum absolute atomic E-state index is 0.0445. The molecule has 0 nitrogen and oxygen atoms in total. The highest BCUT2D eigenvalue weighted by Gasteiger charge is 2.15. The molecule has 0 spiro atoms. The molecule has 0 aliphatic carbocycles. The monoisotopic (exact) mass is 388 g/mol. The minimum atomic E-state index is -0.801. The second-order valence-corrected chi connectivity index (χ2v) is 6.41. The molecular formula is C15H12Br2F2. The van der Waals surface area contributed by atoms with Crippen LogP contribution in [-0.4, -0.2) is 0 Å². The number of halogens is 4. The van der Waals surface area contributed by atoms with Crippen LogP contribution in [0.25, 0.3) is 0 Å². The lowest BCUT2D eigenvalue weighted by molar-refractivity contribution is 0.498. The van der Waals surface area contributed by atoms with Crippen LogP contribution in [-0.2, 0) is 6.42 Å². The van der Waals surface area contributed by atoms with Crippen molar-refractivity contribution in [3.8, 4) is 0 Å². The van der Waals surface area contributed by atoms with E-state index in [2.05, 4.69) is 31.9 Å². The molecular weight excluding hydrogens is 378 g/mol. The molecule has 4 heteroatoms. The van der Waals surface area contributed by atoms with Gasteiger partial charge in [0.2, 0.25) is 0 Å². The summed E-state index contributed by atoms with van der Waals surface area (Å²) in [6.07, 6.45) is 0.409. The van der Waals surface area contributed by atoms with Gasteiger partial charge in [-0.1, -0.05) is 50.1 Å². The summed E-state index contributed by atoms with van der Waals surface area (Å²) in [5.74, 6) is -1.56. The third-order valence-corrected chi connectivity index (χ3v) is 4.31. The first kappa shape index (κ1) is 14.7. The molecule has 2 aromatic carbocycles. The summed E-state index contributed by atoms with van der Waals surface area (Å²) < 4.78 is 27.8. The molecule has 0 aliphatic rings. The first-order chi connectivity index (χ1) is 8.99. The Bertz CT molecular complexity index is 597. The molecule has 0 aromatic heterocycles. The average Bonchev–Trinajstić information content (AvgIpc) is 2.34. The molecule has 2 aromatic rings. The first-order valence-corrected chi connectivity index (χ1v) is 7.53. The third-order valence-electron chi connectivity index (χ3n) is 3.00. The maximum Gasteiger partial charge on any atom is 0.162 e. The summed E-state index contributed by atoms with van der Waals surface area (Å²) in [5.41, 5.74) is 2.56. The van der Waals surface area contributed by atoms with Crippen molar-refractivity contribution in [2.24, 2.45) is 0 Å². The Morgan fingerprint density at radius 2 is 1.89 bits per heavy atom. The van der Waals surface area contributed by atoms with E-state index in [1.165, 1.54) is 6.07 Å². The fourth-order valence-electron chi connectivity index (χ4n) is 2.00. The quantitative estimate of drug-likeness (QED) is 0.589. The standard InChI is InChI=1S/C15H12Br2F2/c1-9-7-11(16)5-6-12(9)13(17)8-10-3-2-4-14(18)15(10)19/h2-7,13H,8H2,1H3. The zero-order valence-corrected chi connectivity index (χ0v) is 13.4. The number of aryl methyl sites for hydroxylation is 1. The van der Waals surface area contributed by atoms with Gasteiger partial charge in [0.25, 0.3) is 0 Å². The van der Waals surface area contributed by atoms with Crippen molar-refractivity contribution >= 4 is 31.9 Å². The van der Waals surface area contributed by atoms with E-state index in [9.17, 15) is 8.78 Å². The number of alkyl halides is 1. The summed E-state index contributed by atoms with van der Waals surface area (Å²) in [7, 11) is 0. The molecule has 0 amide bonds. The highest BCUT2D eigenvalue weighted by molar-refractivity contribution is 9.10. The predicted octanol–water partition coefficient (Wildman–Crippen LogP) is 5.71. The van der Waals surface area contributed by atoms with E-state index in [0.717, 1.165) is 21.7 Å². The van der Waals surface area contributed by atoms with Crippen molar-refractivity contribution in [1.82, 2.24) is 0 Å². The number of hydrogen-bond acceptors (Lipinski definition) is 0.